The van der Waals surface area contributed by atoms with Crippen LogP contribution in [0, 0.1) is 0 Å². The summed E-state index contributed by atoms with van der Waals surface area (Å²) < 4.78 is 30.7. The number of amides is 2. The minimum Gasteiger partial charge on any atom is -0.497 e. The maximum Gasteiger partial charge on any atom is 0.278 e. The van der Waals surface area contributed by atoms with Crippen LogP contribution in [-0.4, -0.2) is 52.7 Å². The molecule has 0 radical (unpaired) electrons. The molecule has 0 spiro atoms. The van der Waals surface area contributed by atoms with Gasteiger partial charge in [-0.2, -0.15) is 0 Å². The van der Waals surface area contributed by atoms with Crippen LogP contribution in [0.3, 0.4) is 0 Å². The second-order valence-electron chi connectivity index (χ2n) is 7.44. The van der Waals surface area contributed by atoms with Crippen molar-refractivity contribution in [1.29, 1.82) is 0 Å². The molecule has 2 aromatic rings. The van der Waals surface area contributed by atoms with Crippen LogP contribution in [-0.2, 0) is 25.1 Å². The molecule has 0 atom stereocenters. The van der Waals surface area contributed by atoms with Gasteiger partial charge in [-0.15, -0.1) is 0 Å². The number of nitrogens with zero attached hydrogens (tertiary/aromatic N) is 2. The summed E-state index contributed by atoms with van der Waals surface area (Å²) in [5.41, 5.74) is 8.44. The van der Waals surface area contributed by atoms with E-state index in [1.54, 1.807) is 24.3 Å². The van der Waals surface area contributed by atoms with Gasteiger partial charge in [0, 0.05) is 19.3 Å². The Bertz CT molecular complexity index is 1160. The van der Waals surface area contributed by atoms with Crippen molar-refractivity contribution >= 4 is 38.9 Å². The molecular weight excluding hydrogens is 438 g/mol. The summed E-state index contributed by atoms with van der Waals surface area (Å²) in [6, 6.07) is 6.38. The van der Waals surface area contributed by atoms with Crippen LogP contribution in [0.5, 0.6) is 5.75 Å². The second-order valence-corrected chi connectivity index (χ2v) is 9.45. The maximum atomic E-state index is 12.5. The van der Waals surface area contributed by atoms with Crippen molar-refractivity contribution in [3.05, 3.63) is 41.7 Å². The van der Waals surface area contributed by atoms with Crippen molar-refractivity contribution in [3.8, 4) is 5.75 Å². The quantitative estimate of drug-likeness (QED) is 0.466. The first-order valence-corrected chi connectivity index (χ1v) is 11.4. The number of nitrogens with two attached hydrogens (primary N) is 1. The highest BCUT2D eigenvalue weighted by Gasteiger charge is 2.51. The number of sulfonamides is 1. The van der Waals surface area contributed by atoms with E-state index in [0.29, 0.717) is 41.3 Å². The number of carbonyl (C=O) groups is 2. The van der Waals surface area contributed by atoms with Crippen molar-refractivity contribution in [1.82, 2.24) is 10.5 Å². The molecule has 1 saturated carbocycles. The Balaban J connectivity index is 2.13. The fourth-order valence-electron chi connectivity index (χ4n) is 3.23. The molecule has 0 bridgehead atoms. The Labute approximate surface area is 185 Å². The Morgan fingerprint density at radius 3 is 2.41 bits per heavy atom. The van der Waals surface area contributed by atoms with Crippen molar-refractivity contribution in [2.45, 2.75) is 18.3 Å². The molecule has 12 heteroatoms. The molecule has 172 valence electrons. The van der Waals surface area contributed by atoms with Gasteiger partial charge in [-0.1, -0.05) is 0 Å². The van der Waals surface area contributed by atoms with Gasteiger partial charge in [-0.3, -0.25) is 23.7 Å². The molecule has 3 rings (SSSR count). The molecule has 4 N–H and O–H groups in total. The molecule has 2 amide bonds. The lowest BCUT2D eigenvalue weighted by Gasteiger charge is -2.23. The first kappa shape index (κ1) is 23.3. The highest BCUT2D eigenvalue weighted by molar-refractivity contribution is 7.92. The van der Waals surface area contributed by atoms with Gasteiger partial charge in [0.2, 0.25) is 15.9 Å². The van der Waals surface area contributed by atoms with Gasteiger partial charge in [-0.05, 0) is 31.0 Å². The number of ether oxygens (including phenoxy) is 1. The lowest BCUT2D eigenvalue weighted by atomic mass is 9.99. The van der Waals surface area contributed by atoms with Gasteiger partial charge in [0.1, 0.15) is 5.75 Å². The number of nitrogens with one attached hydrogen (secondary N) is 2. The van der Waals surface area contributed by atoms with E-state index in [1.807, 2.05) is 0 Å². The normalized spacial score (nSPS) is 14.4. The largest absolute Gasteiger partial charge is 0.497 e. The summed E-state index contributed by atoms with van der Waals surface area (Å²) in [5.74, 6) is -0.629. The SMILES string of the molecule is CONC(=O)c1cnc(C2(C(N)=O)CC2)cc1Nc1ccc(OC)cc1N(C)S(C)(=O)=O. The zero-order chi connectivity index (χ0) is 23.7. The van der Waals surface area contributed by atoms with Crippen molar-refractivity contribution in [3.63, 3.8) is 0 Å². The average molecular weight is 464 g/mol. The van der Waals surface area contributed by atoms with Gasteiger partial charge in [0.25, 0.3) is 5.91 Å². The third kappa shape index (κ3) is 4.46. The number of rotatable bonds is 9. The van der Waals surface area contributed by atoms with Gasteiger partial charge in [-0.25, -0.2) is 13.9 Å². The zero-order valence-corrected chi connectivity index (χ0v) is 18.9. The lowest BCUT2D eigenvalue weighted by molar-refractivity contribution is -0.120. The van der Waals surface area contributed by atoms with Crippen LogP contribution in [0.15, 0.2) is 30.5 Å². The number of hydroxylamine groups is 1. The molecular formula is C20H25N5O6S. The molecule has 0 saturated heterocycles. The van der Waals surface area contributed by atoms with E-state index in [9.17, 15) is 18.0 Å². The minimum absolute atomic E-state index is 0.125. The smallest absolute Gasteiger partial charge is 0.278 e. The number of aromatic nitrogens is 1. The summed E-state index contributed by atoms with van der Waals surface area (Å²) in [4.78, 5) is 33.5. The van der Waals surface area contributed by atoms with Crippen LogP contribution in [0.4, 0.5) is 17.1 Å². The third-order valence-corrected chi connectivity index (χ3v) is 6.56. The molecule has 1 fully saturated rings. The molecule has 1 aromatic heterocycles. The predicted octanol–water partition coefficient (Wildman–Crippen LogP) is 1.04. The van der Waals surface area contributed by atoms with E-state index in [0.717, 1.165) is 10.6 Å². The van der Waals surface area contributed by atoms with E-state index >= 15 is 0 Å². The zero-order valence-electron chi connectivity index (χ0n) is 18.1. The standard InChI is InChI=1S/C20H25N5O6S/c1-25(32(4,28)29)16-9-12(30-2)5-6-14(16)23-15-10-17(20(7-8-20)19(21)27)22-11-13(15)18(26)24-31-3/h5-6,9-11H,7-8H2,1-4H3,(H2,21,27)(H,22,23)(H,24,26). The van der Waals surface area contributed by atoms with Crippen molar-refractivity contribution in [2.75, 3.05) is 37.1 Å². The molecule has 11 nitrogen and oxygen atoms in total. The van der Waals surface area contributed by atoms with Crippen LogP contribution in [0.2, 0.25) is 0 Å². The van der Waals surface area contributed by atoms with E-state index in [2.05, 4.69) is 15.8 Å². The second kappa shape index (κ2) is 8.63. The predicted molar refractivity (Wildman–Crippen MR) is 118 cm³/mol. The number of hydrogen-bond acceptors (Lipinski definition) is 8. The van der Waals surface area contributed by atoms with E-state index in [1.165, 1.54) is 27.5 Å². The average Bonchev–Trinajstić information content (AvgIpc) is 3.55. The fraction of sp³-hybridized carbons (Fsp3) is 0.350. The van der Waals surface area contributed by atoms with Gasteiger partial charge >= 0.3 is 0 Å². The molecule has 32 heavy (non-hydrogen) atoms. The van der Waals surface area contributed by atoms with Crippen LogP contribution in [0.1, 0.15) is 28.9 Å². The summed E-state index contributed by atoms with van der Waals surface area (Å²) in [6.07, 6.45) is 3.51. The van der Waals surface area contributed by atoms with Crippen molar-refractivity contribution < 1.29 is 27.6 Å². The topological polar surface area (TPSA) is 153 Å². The monoisotopic (exact) mass is 463 g/mol. The summed E-state index contributed by atoms with van der Waals surface area (Å²) in [5, 5.41) is 3.09. The summed E-state index contributed by atoms with van der Waals surface area (Å²) >= 11 is 0. The molecule has 1 aliphatic carbocycles. The highest BCUT2D eigenvalue weighted by atomic mass is 32.2. The number of methoxy groups -OCH3 is 1. The Morgan fingerprint density at radius 2 is 1.88 bits per heavy atom. The molecule has 1 aliphatic rings. The highest BCUT2D eigenvalue weighted by Crippen LogP contribution is 2.48. The summed E-state index contributed by atoms with van der Waals surface area (Å²) in [6.45, 7) is 0. The molecule has 1 heterocycles. The van der Waals surface area contributed by atoms with Crippen LogP contribution in [0.25, 0.3) is 0 Å². The van der Waals surface area contributed by atoms with Crippen LogP contribution < -0.4 is 25.6 Å². The fourth-order valence-corrected chi connectivity index (χ4v) is 3.74. The molecule has 1 aromatic carbocycles. The first-order valence-electron chi connectivity index (χ1n) is 9.56. The Morgan fingerprint density at radius 1 is 1.19 bits per heavy atom. The van der Waals surface area contributed by atoms with Crippen LogP contribution >= 0.6 is 0 Å². The van der Waals surface area contributed by atoms with Gasteiger partial charge < -0.3 is 15.8 Å². The number of primary amides is 1. The van der Waals surface area contributed by atoms with Gasteiger partial charge in [0.05, 0.1) is 54.2 Å². The maximum absolute atomic E-state index is 12.5. The minimum atomic E-state index is -3.60. The number of anilines is 3. The molecule has 0 aliphatic heterocycles. The number of benzene rings is 1. The van der Waals surface area contributed by atoms with E-state index in [4.69, 9.17) is 15.3 Å². The van der Waals surface area contributed by atoms with Gasteiger partial charge in [0.15, 0.2) is 0 Å². The summed E-state index contributed by atoms with van der Waals surface area (Å²) in [7, 11) is 0.562. The van der Waals surface area contributed by atoms with Crippen molar-refractivity contribution in [2.24, 2.45) is 5.73 Å². The number of carbonyl (C=O) groups excluding carboxylic acids is 2. The third-order valence-electron chi connectivity index (χ3n) is 5.37. The Kier molecular flexibility index (Phi) is 6.28. The number of hydrogen-bond donors (Lipinski definition) is 3. The molecule has 0 unspecified atom stereocenters. The van der Waals surface area contributed by atoms with E-state index < -0.39 is 27.3 Å². The lowest BCUT2D eigenvalue weighted by Crippen LogP contribution is -2.30. The first-order chi connectivity index (χ1) is 15.0. The van der Waals surface area contributed by atoms with E-state index in [-0.39, 0.29) is 5.56 Å². The Hall–Kier alpha value is -3.38. The number of pyridine rings is 1.